The van der Waals surface area contributed by atoms with Gasteiger partial charge in [-0.25, -0.2) is 0 Å². The van der Waals surface area contributed by atoms with E-state index in [0.29, 0.717) is 0 Å². The normalized spacial score (nSPS) is 9.56. The van der Waals surface area contributed by atoms with Gasteiger partial charge in [-0.1, -0.05) is 5.57 Å². The van der Waals surface area contributed by atoms with Crippen molar-refractivity contribution in [2.45, 2.75) is 13.3 Å². The molecule has 0 aliphatic carbocycles. The first-order valence-corrected chi connectivity index (χ1v) is 3.73. The van der Waals surface area contributed by atoms with E-state index in [2.05, 4.69) is 19.2 Å². The van der Waals surface area contributed by atoms with Crippen LogP contribution in [0.15, 0.2) is 12.2 Å². The van der Waals surface area contributed by atoms with Crippen molar-refractivity contribution >= 4 is 12.6 Å². The van der Waals surface area contributed by atoms with E-state index >= 15 is 0 Å². The SMILES string of the molecule is C=C(C)CCOCCS. The van der Waals surface area contributed by atoms with Gasteiger partial charge in [0, 0.05) is 5.75 Å². The fourth-order valence-corrected chi connectivity index (χ4v) is 0.542. The zero-order valence-electron chi connectivity index (χ0n) is 5.89. The third-order valence-electron chi connectivity index (χ3n) is 0.909. The van der Waals surface area contributed by atoms with Gasteiger partial charge in [-0.3, -0.25) is 0 Å². The first-order chi connectivity index (χ1) is 4.27. The second-order valence-corrected chi connectivity index (χ2v) is 2.49. The Labute approximate surface area is 62.5 Å². The Kier molecular flexibility index (Phi) is 6.21. The van der Waals surface area contributed by atoms with Gasteiger partial charge in [-0.15, -0.1) is 6.58 Å². The van der Waals surface area contributed by atoms with Gasteiger partial charge in [0.1, 0.15) is 0 Å². The molecule has 0 aromatic carbocycles. The lowest BCUT2D eigenvalue weighted by Crippen LogP contribution is -1.97. The fourth-order valence-electron chi connectivity index (χ4n) is 0.413. The van der Waals surface area contributed by atoms with Crippen LogP contribution < -0.4 is 0 Å². The summed E-state index contributed by atoms with van der Waals surface area (Å²) in [6.07, 6.45) is 0.966. The van der Waals surface area contributed by atoms with Crippen molar-refractivity contribution in [3.63, 3.8) is 0 Å². The lowest BCUT2D eigenvalue weighted by atomic mass is 10.3. The quantitative estimate of drug-likeness (QED) is 0.354. The Bertz CT molecular complexity index is 81.0. The number of rotatable bonds is 5. The van der Waals surface area contributed by atoms with E-state index in [0.717, 1.165) is 25.4 Å². The van der Waals surface area contributed by atoms with Crippen molar-refractivity contribution in [1.29, 1.82) is 0 Å². The molecule has 0 saturated heterocycles. The molecule has 0 amide bonds. The molecule has 2 heteroatoms. The van der Waals surface area contributed by atoms with Crippen LogP contribution >= 0.6 is 12.6 Å². The van der Waals surface area contributed by atoms with Gasteiger partial charge in [0.25, 0.3) is 0 Å². The van der Waals surface area contributed by atoms with E-state index in [1.54, 1.807) is 0 Å². The fraction of sp³-hybridized carbons (Fsp3) is 0.714. The van der Waals surface area contributed by atoms with E-state index in [9.17, 15) is 0 Å². The van der Waals surface area contributed by atoms with Crippen molar-refractivity contribution in [3.05, 3.63) is 12.2 Å². The molecule has 54 valence electrons. The molecule has 0 fully saturated rings. The average Bonchev–Trinajstić information content (AvgIpc) is 1.80. The predicted octanol–water partition coefficient (Wildman–Crippen LogP) is 1.90. The largest absolute Gasteiger partial charge is 0.380 e. The zero-order valence-corrected chi connectivity index (χ0v) is 6.79. The Morgan fingerprint density at radius 3 is 2.67 bits per heavy atom. The Morgan fingerprint density at radius 2 is 2.22 bits per heavy atom. The first kappa shape index (κ1) is 9.05. The highest BCUT2D eigenvalue weighted by atomic mass is 32.1. The minimum Gasteiger partial charge on any atom is -0.380 e. The zero-order chi connectivity index (χ0) is 7.11. The van der Waals surface area contributed by atoms with Crippen molar-refractivity contribution < 1.29 is 4.74 Å². The minimum absolute atomic E-state index is 0.746. The third-order valence-corrected chi connectivity index (χ3v) is 1.09. The smallest absolute Gasteiger partial charge is 0.0554 e. The Morgan fingerprint density at radius 1 is 1.56 bits per heavy atom. The molecular weight excluding hydrogens is 132 g/mol. The summed E-state index contributed by atoms with van der Waals surface area (Å²) in [6, 6.07) is 0. The molecule has 0 saturated carbocycles. The molecule has 9 heavy (non-hydrogen) atoms. The molecule has 0 heterocycles. The minimum atomic E-state index is 0.746. The van der Waals surface area contributed by atoms with Crippen LogP contribution in [0.3, 0.4) is 0 Å². The summed E-state index contributed by atoms with van der Waals surface area (Å²) in [5.74, 6) is 0.802. The second kappa shape index (κ2) is 6.17. The van der Waals surface area contributed by atoms with Crippen LogP contribution in [0.4, 0.5) is 0 Å². The van der Waals surface area contributed by atoms with Gasteiger partial charge in [0.2, 0.25) is 0 Å². The number of thiol groups is 1. The maximum absolute atomic E-state index is 5.16. The molecular formula is C7H14OS. The summed E-state index contributed by atoms with van der Waals surface area (Å²) >= 11 is 4.00. The molecule has 0 rings (SSSR count). The van der Waals surface area contributed by atoms with Gasteiger partial charge in [-0.2, -0.15) is 12.6 Å². The number of hydrogen-bond donors (Lipinski definition) is 1. The van der Waals surface area contributed by atoms with Crippen molar-refractivity contribution in [3.8, 4) is 0 Å². The van der Waals surface area contributed by atoms with Crippen LogP contribution in [0.5, 0.6) is 0 Å². The lowest BCUT2D eigenvalue weighted by Gasteiger charge is -1.99. The first-order valence-electron chi connectivity index (χ1n) is 3.10. The Balaban J connectivity index is 2.83. The van der Waals surface area contributed by atoms with E-state index in [4.69, 9.17) is 4.74 Å². The molecule has 0 aromatic rings. The van der Waals surface area contributed by atoms with Crippen molar-refractivity contribution in [2.75, 3.05) is 19.0 Å². The monoisotopic (exact) mass is 146 g/mol. The Hall–Kier alpha value is 0.0500. The lowest BCUT2D eigenvalue weighted by molar-refractivity contribution is 0.153. The summed E-state index contributed by atoms with van der Waals surface area (Å²) in [6.45, 7) is 7.29. The van der Waals surface area contributed by atoms with Crippen LogP contribution in [0.25, 0.3) is 0 Å². The molecule has 0 bridgehead atoms. The van der Waals surface area contributed by atoms with Crippen LogP contribution in [-0.4, -0.2) is 19.0 Å². The predicted molar refractivity (Wildman–Crippen MR) is 44.1 cm³/mol. The van der Waals surface area contributed by atoms with Crippen molar-refractivity contribution in [1.82, 2.24) is 0 Å². The van der Waals surface area contributed by atoms with Gasteiger partial charge in [0.15, 0.2) is 0 Å². The van der Waals surface area contributed by atoms with Crippen LogP contribution in [-0.2, 0) is 4.74 Å². The van der Waals surface area contributed by atoms with Crippen LogP contribution in [0, 0.1) is 0 Å². The van der Waals surface area contributed by atoms with Crippen LogP contribution in [0.2, 0.25) is 0 Å². The maximum Gasteiger partial charge on any atom is 0.0554 e. The third kappa shape index (κ3) is 8.05. The van der Waals surface area contributed by atoms with Crippen molar-refractivity contribution in [2.24, 2.45) is 0 Å². The number of ether oxygens (including phenoxy) is 1. The summed E-state index contributed by atoms with van der Waals surface area (Å²) in [5, 5.41) is 0. The molecule has 0 N–H and O–H groups in total. The summed E-state index contributed by atoms with van der Waals surface area (Å²) in [4.78, 5) is 0. The highest BCUT2D eigenvalue weighted by Crippen LogP contribution is 1.94. The van der Waals surface area contributed by atoms with E-state index in [1.807, 2.05) is 6.92 Å². The van der Waals surface area contributed by atoms with Gasteiger partial charge in [-0.05, 0) is 13.3 Å². The van der Waals surface area contributed by atoms with E-state index < -0.39 is 0 Å². The molecule has 0 aliphatic heterocycles. The summed E-state index contributed by atoms with van der Waals surface area (Å²) in [5.41, 5.74) is 1.18. The van der Waals surface area contributed by atoms with Gasteiger partial charge < -0.3 is 4.74 Å². The molecule has 0 radical (unpaired) electrons. The summed E-state index contributed by atoms with van der Waals surface area (Å²) in [7, 11) is 0. The highest BCUT2D eigenvalue weighted by Gasteiger charge is 1.85. The highest BCUT2D eigenvalue weighted by molar-refractivity contribution is 7.80. The number of hydrogen-bond acceptors (Lipinski definition) is 2. The molecule has 0 aromatic heterocycles. The van der Waals surface area contributed by atoms with Gasteiger partial charge >= 0.3 is 0 Å². The maximum atomic E-state index is 5.16. The molecule has 0 spiro atoms. The van der Waals surface area contributed by atoms with E-state index in [-0.39, 0.29) is 0 Å². The van der Waals surface area contributed by atoms with E-state index in [1.165, 1.54) is 5.57 Å². The van der Waals surface area contributed by atoms with Gasteiger partial charge in [0.05, 0.1) is 13.2 Å². The second-order valence-electron chi connectivity index (χ2n) is 2.04. The van der Waals surface area contributed by atoms with Crippen LogP contribution in [0.1, 0.15) is 13.3 Å². The molecule has 0 unspecified atom stereocenters. The molecule has 0 atom stereocenters. The standard InChI is InChI=1S/C7H14OS/c1-7(2)3-4-8-5-6-9/h9H,1,3-6H2,2H3. The average molecular weight is 146 g/mol. The molecule has 1 nitrogen and oxygen atoms in total. The summed E-state index contributed by atoms with van der Waals surface area (Å²) < 4.78 is 5.16. The molecule has 0 aliphatic rings. The topological polar surface area (TPSA) is 9.23 Å².